The van der Waals surface area contributed by atoms with Gasteiger partial charge in [0.2, 0.25) is 0 Å². The summed E-state index contributed by atoms with van der Waals surface area (Å²) in [5.41, 5.74) is 0. The van der Waals surface area contributed by atoms with E-state index in [-0.39, 0.29) is 31.1 Å². The van der Waals surface area contributed by atoms with E-state index in [0.29, 0.717) is 19.3 Å². The number of unbranched alkanes of at least 4 members (excludes halogenated alkanes) is 32. The first kappa shape index (κ1) is 65.1. The monoisotopic (exact) mass is 951 g/mol. The maximum atomic E-state index is 12.9. The molecule has 0 radical (unpaired) electrons. The van der Waals surface area contributed by atoms with Gasteiger partial charge in [-0.1, -0.05) is 255 Å². The Morgan fingerprint density at radius 3 is 0.882 bits per heavy atom. The number of esters is 3. The van der Waals surface area contributed by atoms with Gasteiger partial charge in [-0.25, -0.2) is 0 Å². The molecule has 0 rings (SSSR count). The highest BCUT2D eigenvalue weighted by molar-refractivity contribution is 5.71. The molecule has 394 valence electrons. The van der Waals surface area contributed by atoms with E-state index in [1.54, 1.807) is 0 Å². The summed E-state index contributed by atoms with van der Waals surface area (Å²) >= 11 is 0. The maximum absolute atomic E-state index is 12.9. The minimum Gasteiger partial charge on any atom is -0.462 e. The van der Waals surface area contributed by atoms with Gasteiger partial charge >= 0.3 is 17.9 Å². The number of carbonyl (C=O) groups excluding carboxylic acids is 3. The highest BCUT2D eigenvalue weighted by Crippen LogP contribution is 2.16. The van der Waals surface area contributed by atoms with Crippen LogP contribution in [0.1, 0.15) is 297 Å². The van der Waals surface area contributed by atoms with Gasteiger partial charge in [0.1, 0.15) is 13.2 Å². The topological polar surface area (TPSA) is 78.9 Å². The van der Waals surface area contributed by atoms with E-state index < -0.39 is 6.10 Å². The molecule has 0 aromatic carbocycles. The number of carbonyl (C=O) groups is 3. The molecule has 0 heterocycles. The molecule has 0 amide bonds. The molecule has 0 bridgehead atoms. The molecule has 6 heteroatoms. The van der Waals surface area contributed by atoms with Crippen molar-refractivity contribution >= 4 is 17.9 Å². The molecule has 0 N–H and O–H groups in total. The predicted molar refractivity (Wildman–Crippen MR) is 293 cm³/mol. The molecule has 0 aliphatic carbocycles. The molecule has 68 heavy (non-hydrogen) atoms. The predicted octanol–water partition coefficient (Wildman–Crippen LogP) is 19.6. The molecule has 0 aromatic heterocycles. The number of hydrogen-bond acceptors (Lipinski definition) is 6. The lowest BCUT2D eigenvalue weighted by Crippen LogP contribution is -2.30. The van der Waals surface area contributed by atoms with Crippen molar-refractivity contribution < 1.29 is 28.6 Å². The lowest BCUT2D eigenvalue weighted by molar-refractivity contribution is -0.167. The van der Waals surface area contributed by atoms with Crippen molar-refractivity contribution in [1.82, 2.24) is 0 Å². The van der Waals surface area contributed by atoms with Crippen LogP contribution in [0.15, 0.2) is 60.8 Å². The van der Waals surface area contributed by atoms with Crippen molar-refractivity contribution in [3.8, 4) is 0 Å². The summed E-state index contributed by atoms with van der Waals surface area (Å²) in [6.07, 6.45) is 70.7. The summed E-state index contributed by atoms with van der Waals surface area (Å²) in [4.78, 5) is 38.1. The number of rotatable bonds is 53. The van der Waals surface area contributed by atoms with Crippen LogP contribution in [0.5, 0.6) is 0 Å². The molecule has 1 atom stereocenters. The van der Waals surface area contributed by atoms with E-state index in [1.165, 1.54) is 154 Å². The number of hydrogen-bond donors (Lipinski definition) is 0. The van der Waals surface area contributed by atoms with Crippen LogP contribution in [0.4, 0.5) is 0 Å². The smallest absolute Gasteiger partial charge is 0.306 e. The molecule has 1 unspecified atom stereocenters. The highest BCUT2D eigenvalue weighted by Gasteiger charge is 2.19. The Morgan fingerprint density at radius 1 is 0.294 bits per heavy atom. The van der Waals surface area contributed by atoms with Crippen LogP contribution in [-0.2, 0) is 28.6 Å². The molecule has 0 aromatic rings. The van der Waals surface area contributed by atoms with E-state index in [0.717, 1.165) is 103 Å². The van der Waals surface area contributed by atoms with E-state index in [2.05, 4.69) is 81.5 Å². The van der Waals surface area contributed by atoms with E-state index in [4.69, 9.17) is 14.2 Å². The average molecular weight is 952 g/mol. The fraction of sp³-hybridized carbons (Fsp3) is 0.790. The Morgan fingerprint density at radius 2 is 0.559 bits per heavy atom. The quantitative estimate of drug-likeness (QED) is 0.0262. The van der Waals surface area contributed by atoms with Gasteiger partial charge in [-0.15, -0.1) is 0 Å². The molecule has 0 aliphatic rings. The van der Waals surface area contributed by atoms with Gasteiger partial charge in [0, 0.05) is 19.3 Å². The second-order valence-electron chi connectivity index (χ2n) is 19.6. The zero-order valence-corrected chi connectivity index (χ0v) is 45.1. The lowest BCUT2D eigenvalue weighted by Gasteiger charge is -2.18. The molecule has 6 nitrogen and oxygen atoms in total. The van der Waals surface area contributed by atoms with E-state index in [1.807, 2.05) is 0 Å². The maximum Gasteiger partial charge on any atom is 0.306 e. The highest BCUT2D eigenvalue weighted by atomic mass is 16.6. The van der Waals surface area contributed by atoms with Crippen molar-refractivity contribution in [2.24, 2.45) is 0 Å². The van der Waals surface area contributed by atoms with Crippen molar-refractivity contribution in [3.63, 3.8) is 0 Å². The minimum absolute atomic E-state index is 0.0834. The van der Waals surface area contributed by atoms with Crippen LogP contribution in [0.2, 0.25) is 0 Å². The van der Waals surface area contributed by atoms with Crippen molar-refractivity contribution in [1.29, 1.82) is 0 Å². The van der Waals surface area contributed by atoms with E-state index in [9.17, 15) is 14.4 Å². The third-order valence-corrected chi connectivity index (χ3v) is 12.7. The molecule has 0 aliphatic heterocycles. The zero-order chi connectivity index (χ0) is 49.3. The zero-order valence-electron chi connectivity index (χ0n) is 45.1. The van der Waals surface area contributed by atoms with Gasteiger partial charge in [0.25, 0.3) is 0 Å². The Balaban J connectivity index is 4.37. The molecular formula is C62H110O6. The second kappa shape index (κ2) is 56.7. The van der Waals surface area contributed by atoms with Crippen LogP contribution < -0.4 is 0 Å². The first-order valence-electron chi connectivity index (χ1n) is 29.3. The number of allylic oxidation sites excluding steroid dienone is 10. The van der Waals surface area contributed by atoms with Gasteiger partial charge in [0.15, 0.2) is 6.10 Å². The number of ether oxygens (including phenoxy) is 3. The third-order valence-electron chi connectivity index (χ3n) is 12.7. The molecule has 0 fully saturated rings. The summed E-state index contributed by atoms with van der Waals surface area (Å²) < 4.78 is 16.9. The summed E-state index contributed by atoms with van der Waals surface area (Å²) in [6, 6.07) is 0. The first-order valence-corrected chi connectivity index (χ1v) is 29.3. The summed E-state index contributed by atoms with van der Waals surface area (Å²) in [6.45, 7) is 6.57. The Labute approximate surface area is 421 Å². The van der Waals surface area contributed by atoms with Crippen molar-refractivity contribution in [2.45, 2.75) is 303 Å². The Hall–Kier alpha value is -2.89. The van der Waals surface area contributed by atoms with Crippen molar-refractivity contribution in [3.05, 3.63) is 60.8 Å². The lowest BCUT2D eigenvalue weighted by atomic mass is 10.0. The van der Waals surface area contributed by atoms with Gasteiger partial charge in [-0.2, -0.15) is 0 Å². The van der Waals surface area contributed by atoms with Crippen LogP contribution in [0.25, 0.3) is 0 Å². The van der Waals surface area contributed by atoms with Crippen LogP contribution >= 0.6 is 0 Å². The summed E-state index contributed by atoms with van der Waals surface area (Å²) in [7, 11) is 0. The molecular weight excluding hydrogens is 841 g/mol. The fourth-order valence-corrected chi connectivity index (χ4v) is 8.31. The summed E-state index contributed by atoms with van der Waals surface area (Å²) in [5, 5.41) is 0. The largest absolute Gasteiger partial charge is 0.462 e. The van der Waals surface area contributed by atoms with E-state index >= 15 is 0 Å². The molecule has 0 saturated carbocycles. The Kier molecular flexibility index (Phi) is 54.3. The van der Waals surface area contributed by atoms with Gasteiger partial charge in [-0.05, 0) is 83.5 Å². The van der Waals surface area contributed by atoms with Gasteiger partial charge in [0.05, 0.1) is 0 Å². The fourth-order valence-electron chi connectivity index (χ4n) is 8.31. The normalized spacial score (nSPS) is 12.5. The van der Waals surface area contributed by atoms with Crippen LogP contribution in [-0.4, -0.2) is 37.2 Å². The minimum atomic E-state index is -0.784. The van der Waals surface area contributed by atoms with Crippen LogP contribution in [0.3, 0.4) is 0 Å². The SMILES string of the molecule is CCC/C=C\C/C=C\CCCCCCCC(=O)OCC(COC(=O)CCCCCCCC/C=C\C/C=C\C/C=C\CCCCCCC)OC(=O)CCCCCCCCCCCCCCCCCC. The second-order valence-corrected chi connectivity index (χ2v) is 19.6. The third kappa shape index (κ3) is 54.1. The molecule has 0 saturated heterocycles. The van der Waals surface area contributed by atoms with Gasteiger partial charge < -0.3 is 14.2 Å². The van der Waals surface area contributed by atoms with Crippen LogP contribution in [0, 0.1) is 0 Å². The summed E-state index contributed by atoms with van der Waals surface area (Å²) in [5.74, 6) is -0.896. The molecule has 0 spiro atoms. The van der Waals surface area contributed by atoms with Gasteiger partial charge in [-0.3, -0.25) is 14.4 Å². The standard InChI is InChI=1S/C62H110O6/c1-4-7-10-13-16-19-22-25-27-29-30-31-32-33-35-37-40-43-46-49-52-55-61(64)67-58-59(57-66-60(63)54-51-48-45-42-39-36-24-21-18-15-12-9-6-3)68-62(65)56-53-50-47-44-41-38-34-28-26-23-20-17-14-11-8-5-2/h12,15,21-22,24-25,29-30,32-33,59H,4-11,13-14,16-20,23,26-28,31,34-58H2,1-3H3/b15-12-,24-21-,25-22-,30-29-,33-32-. The average Bonchev–Trinajstić information content (AvgIpc) is 3.34. The van der Waals surface area contributed by atoms with Crippen molar-refractivity contribution in [2.75, 3.05) is 13.2 Å². The Bertz CT molecular complexity index is 1230. The first-order chi connectivity index (χ1) is 33.5.